The maximum atomic E-state index is 12.2. The first-order valence-electron chi connectivity index (χ1n) is 8.17. The van der Waals surface area contributed by atoms with E-state index < -0.39 is 0 Å². The van der Waals surface area contributed by atoms with Gasteiger partial charge in [-0.05, 0) is 44.6 Å². The van der Waals surface area contributed by atoms with E-state index in [1.165, 1.54) is 0 Å². The predicted octanol–water partition coefficient (Wildman–Crippen LogP) is 0.866. The van der Waals surface area contributed by atoms with Crippen molar-refractivity contribution >= 4 is 5.91 Å². The van der Waals surface area contributed by atoms with Crippen LogP contribution in [-0.4, -0.2) is 68.4 Å². The molecule has 0 bridgehead atoms. The molecule has 1 aromatic heterocycles. The average molecular weight is 321 g/mol. The van der Waals surface area contributed by atoms with E-state index in [1.807, 2.05) is 26.2 Å². The number of likely N-dealkylation sites (N-methyl/N-ethyl adjacent to an activating group) is 1. The highest BCUT2D eigenvalue weighted by Crippen LogP contribution is 2.12. The molecule has 1 aliphatic heterocycles. The molecule has 0 unspecified atom stereocenters. The Kier molecular flexibility index (Phi) is 7.45. The van der Waals surface area contributed by atoms with Crippen LogP contribution in [0.15, 0.2) is 24.5 Å². The first-order valence-corrected chi connectivity index (χ1v) is 8.17. The maximum absolute atomic E-state index is 12.2. The minimum absolute atomic E-state index is 0.0357. The van der Waals surface area contributed by atoms with Crippen LogP contribution >= 0.6 is 0 Å². The summed E-state index contributed by atoms with van der Waals surface area (Å²) in [5.74, 6) is 0.0403. The van der Waals surface area contributed by atoms with Crippen LogP contribution in [0.1, 0.15) is 18.4 Å². The average Bonchev–Trinajstić information content (AvgIpc) is 2.55. The van der Waals surface area contributed by atoms with Gasteiger partial charge >= 0.3 is 0 Å². The highest BCUT2D eigenvalue weighted by molar-refractivity contribution is 5.76. The molecule has 0 aliphatic carbocycles. The number of carbonyl (C=O) groups is 1. The van der Waals surface area contributed by atoms with E-state index in [-0.39, 0.29) is 18.1 Å². The standard InChI is InChI=1S/C17H27N3O3/c1-20(2)10-12-23-16-7-11-22-13-15(16)19-17(21)4-3-14-5-8-18-9-6-14/h5-6,8-9,15-16H,3-4,7,10-13H2,1-2H3,(H,19,21)/t15-,16+/m1/s1. The van der Waals surface area contributed by atoms with Crippen LogP contribution in [0.4, 0.5) is 0 Å². The molecule has 1 aliphatic rings. The maximum Gasteiger partial charge on any atom is 0.220 e. The Hall–Kier alpha value is -1.50. The second kappa shape index (κ2) is 9.60. The molecule has 2 heterocycles. The van der Waals surface area contributed by atoms with Crippen LogP contribution in [0.25, 0.3) is 0 Å². The second-order valence-corrected chi connectivity index (χ2v) is 6.11. The van der Waals surface area contributed by atoms with Crippen molar-refractivity contribution in [1.82, 2.24) is 15.2 Å². The van der Waals surface area contributed by atoms with Gasteiger partial charge in [-0.25, -0.2) is 0 Å². The summed E-state index contributed by atoms with van der Waals surface area (Å²) in [6.45, 7) is 2.75. The molecule has 1 saturated heterocycles. The molecule has 0 aromatic carbocycles. The van der Waals surface area contributed by atoms with E-state index in [0.29, 0.717) is 32.7 Å². The molecule has 1 amide bonds. The molecule has 1 aromatic rings. The zero-order chi connectivity index (χ0) is 16.5. The molecular weight excluding hydrogens is 294 g/mol. The van der Waals surface area contributed by atoms with Gasteiger partial charge in [0.05, 0.1) is 25.4 Å². The lowest BCUT2D eigenvalue weighted by Gasteiger charge is -2.32. The van der Waals surface area contributed by atoms with Gasteiger partial charge in [0, 0.05) is 32.0 Å². The normalized spacial score (nSPS) is 21.3. The van der Waals surface area contributed by atoms with E-state index in [4.69, 9.17) is 9.47 Å². The summed E-state index contributed by atoms with van der Waals surface area (Å²) in [6, 6.07) is 3.81. The van der Waals surface area contributed by atoms with Gasteiger partial charge in [0.2, 0.25) is 5.91 Å². The summed E-state index contributed by atoms with van der Waals surface area (Å²) in [6.07, 6.45) is 5.53. The highest BCUT2D eigenvalue weighted by Gasteiger charge is 2.27. The number of hydrogen-bond donors (Lipinski definition) is 1. The number of ether oxygens (including phenoxy) is 2. The lowest BCUT2D eigenvalue weighted by atomic mass is 10.1. The van der Waals surface area contributed by atoms with Crippen LogP contribution in [0, 0.1) is 0 Å². The van der Waals surface area contributed by atoms with Gasteiger partial charge in [-0.3, -0.25) is 9.78 Å². The van der Waals surface area contributed by atoms with Gasteiger partial charge in [0.25, 0.3) is 0 Å². The lowest BCUT2D eigenvalue weighted by Crippen LogP contribution is -2.51. The Labute approximate surface area is 138 Å². The molecular formula is C17H27N3O3. The van der Waals surface area contributed by atoms with Crippen LogP contribution in [0.3, 0.4) is 0 Å². The molecule has 128 valence electrons. The van der Waals surface area contributed by atoms with E-state index in [0.717, 1.165) is 18.5 Å². The number of hydrogen-bond acceptors (Lipinski definition) is 5. The van der Waals surface area contributed by atoms with Gasteiger partial charge < -0.3 is 19.7 Å². The zero-order valence-electron chi connectivity index (χ0n) is 14.0. The summed E-state index contributed by atoms with van der Waals surface area (Å²) in [4.78, 5) is 18.2. The van der Waals surface area contributed by atoms with Gasteiger partial charge in [0.15, 0.2) is 0 Å². The Morgan fingerprint density at radius 2 is 2.22 bits per heavy atom. The Morgan fingerprint density at radius 1 is 1.43 bits per heavy atom. The molecule has 0 saturated carbocycles. The molecule has 2 rings (SSSR count). The largest absolute Gasteiger partial charge is 0.379 e. The van der Waals surface area contributed by atoms with E-state index in [2.05, 4.69) is 15.2 Å². The van der Waals surface area contributed by atoms with E-state index in [1.54, 1.807) is 12.4 Å². The van der Waals surface area contributed by atoms with Gasteiger partial charge in [-0.15, -0.1) is 0 Å². The first kappa shape index (κ1) is 17.8. The van der Waals surface area contributed by atoms with Crippen molar-refractivity contribution in [2.24, 2.45) is 0 Å². The molecule has 1 fully saturated rings. The SMILES string of the molecule is CN(C)CCO[C@H]1CCOC[C@H]1NC(=O)CCc1ccncc1. The molecule has 2 atom stereocenters. The van der Waals surface area contributed by atoms with Crippen LogP contribution in [0.5, 0.6) is 0 Å². The molecule has 23 heavy (non-hydrogen) atoms. The third-order valence-electron chi connectivity index (χ3n) is 3.90. The van der Waals surface area contributed by atoms with Crippen LogP contribution < -0.4 is 5.32 Å². The number of nitrogens with one attached hydrogen (secondary N) is 1. The van der Waals surface area contributed by atoms with E-state index >= 15 is 0 Å². The molecule has 6 nitrogen and oxygen atoms in total. The number of carbonyl (C=O) groups excluding carboxylic acids is 1. The van der Waals surface area contributed by atoms with Gasteiger partial charge in [0.1, 0.15) is 0 Å². The molecule has 0 radical (unpaired) electrons. The number of aryl methyl sites for hydroxylation is 1. The first-order chi connectivity index (χ1) is 11.1. The summed E-state index contributed by atoms with van der Waals surface area (Å²) < 4.78 is 11.4. The number of nitrogens with zero attached hydrogens (tertiary/aromatic N) is 2. The zero-order valence-corrected chi connectivity index (χ0v) is 14.0. The van der Waals surface area contributed by atoms with Gasteiger partial charge in [-0.2, -0.15) is 0 Å². The summed E-state index contributed by atoms with van der Waals surface area (Å²) in [7, 11) is 4.04. The van der Waals surface area contributed by atoms with Crippen molar-refractivity contribution in [3.05, 3.63) is 30.1 Å². The van der Waals surface area contributed by atoms with Crippen molar-refractivity contribution in [2.45, 2.75) is 31.4 Å². The van der Waals surface area contributed by atoms with Crippen molar-refractivity contribution in [1.29, 1.82) is 0 Å². The number of rotatable bonds is 8. The van der Waals surface area contributed by atoms with Crippen LogP contribution in [0.2, 0.25) is 0 Å². The second-order valence-electron chi connectivity index (χ2n) is 6.11. The number of aromatic nitrogens is 1. The number of amides is 1. The Balaban J connectivity index is 1.75. The molecule has 0 spiro atoms. The van der Waals surface area contributed by atoms with Crippen molar-refractivity contribution in [2.75, 3.05) is 40.5 Å². The summed E-state index contributed by atoms with van der Waals surface area (Å²) >= 11 is 0. The Bertz CT molecular complexity index is 467. The highest BCUT2D eigenvalue weighted by atomic mass is 16.5. The Morgan fingerprint density at radius 3 is 2.96 bits per heavy atom. The van der Waals surface area contributed by atoms with Crippen LogP contribution in [-0.2, 0) is 20.7 Å². The van der Waals surface area contributed by atoms with Crippen molar-refractivity contribution in [3.63, 3.8) is 0 Å². The smallest absolute Gasteiger partial charge is 0.220 e. The van der Waals surface area contributed by atoms with Crippen molar-refractivity contribution < 1.29 is 14.3 Å². The van der Waals surface area contributed by atoms with Crippen molar-refractivity contribution in [3.8, 4) is 0 Å². The van der Waals surface area contributed by atoms with E-state index in [9.17, 15) is 4.79 Å². The molecule has 6 heteroatoms. The third-order valence-corrected chi connectivity index (χ3v) is 3.90. The fourth-order valence-corrected chi connectivity index (χ4v) is 2.53. The minimum Gasteiger partial charge on any atom is -0.379 e. The summed E-state index contributed by atoms with van der Waals surface area (Å²) in [5.41, 5.74) is 1.12. The number of pyridine rings is 1. The quantitative estimate of drug-likeness (QED) is 0.770. The lowest BCUT2D eigenvalue weighted by molar-refractivity contribution is -0.126. The van der Waals surface area contributed by atoms with Gasteiger partial charge in [-0.1, -0.05) is 0 Å². The minimum atomic E-state index is -0.0594. The fraction of sp³-hybridized carbons (Fsp3) is 0.647. The molecule has 1 N–H and O–H groups in total. The third kappa shape index (κ3) is 6.64. The monoisotopic (exact) mass is 321 g/mol. The fourth-order valence-electron chi connectivity index (χ4n) is 2.53. The summed E-state index contributed by atoms with van der Waals surface area (Å²) in [5, 5.41) is 3.06. The predicted molar refractivity (Wildman–Crippen MR) is 88.2 cm³/mol. The topological polar surface area (TPSA) is 63.7 Å².